The molecule has 0 saturated carbocycles. The second-order valence-corrected chi connectivity index (χ2v) is 11.0. The quantitative estimate of drug-likeness (QED) is 0.155. The number of benzene rings is 1. The molecule has 214 valence electrons. The predicted molar refractivity (Wildman–Crippen MR) is 143 cm³/mol. The van der Waals surface area contributed by atoms with Crippen molar-refractivity contribution < 1.29 is 38.1 Å². The smallest absolute Gasteiger partial charge is 0.459 e. The Bertz CT molecular complexity index is 1460. The van der Waals surface area contributed by atoms with E-state index in [2.05, 4.69) is 31.9 Å². The van der Waals surface area contributed by atoms with Gasteiger partial charge in [-0.1, -0.05) is 24.1 Å². The number of ether oxygens (including phenoxy) is 2. The van der Waals surface area contributed by atoms with E-state index in [1.165, 1.54) is 30.9 Å². The molecule has 0 amide bonds. The Morgan fingerprint density at radius 2 is 2.02 bits per heavy atom. The summed E-state index contributed by atoms with van der Waals surface area (Å²) in [5, 5.41) is 25.1. The Morgan fingerprint density at radius 3 is 2.70 bits per heavy atom. The maximum absolute atomic E-state index is 13.8. The summed E-state index contributed by atoms with van der Waals surface area (Å²) >= 11 is 0. The SMILES string of the molecule is CC#C[C@@]1(O)C(O)[C@@H](COP(=O)(NC(C)C(=O)OC(C)C)Oc2ccccc2)O[C@H]1n1cnc2cnc(N)nc21. The lowest BCUT2D eigenvalue weighted by Gasteiger charge is -2.26. The van der Waals surface area contributed by atoms with Crippen molar-refractivity contribution in [3.05, 3.63) is 42.9 Å². The topological polar surface area (TPSA) is 193 Å². The molecular weight excluding hydrogens is 543 g/mol. The van der Waals surface area contributed by atoms with Gasteiger partial charge in [0.25, 0.3) is 0 Å². The Balaban J connectivity index is 1.59. The third kappa shape index (κ3) is 6.26. The number of carbonyl (C=O) groups excluding carboxylic acids is 1. The number of nitrogens with one attached hydrogen (secondary N) is 1. The summed E-state index contributed by atoms with van der Waals surface area (Å²) in [6.45, 7) is 5.76. The first-order chi connectivity index (χ1) is 19.0. The fraction of sp³-hybridized carbons (Fsp3) is 0.440. The first-order valence-electron chi connectivity index (χ1n) is 12.4. The molecule has 6 atom stereocenters. The van der Waals surface area contributed by atoms with Crippen LogP contribution in [0.5, 0.6) is 5.75 Å². The Kier molecular flexibility index (Phi) is 8.74. The van der Waals surface area contributed by atoms with Crippen molar-refractivity contribution in [1.29, 1.82) is 0 Å². The van der Waals surface area contributed by atoms with Crippen LogP contribution in [0.4, 0.5) is 5.95 Å². The number of aliphatic hydroxyl groups is 2. The predicted octanol–water partition coefficient (Wildman–Crippen LogP) is 1.55. The average molecular weight is 575 g/mol. The van der Waals surface area contributed by atoms with Crippen LogP contribution in [0, 0.1) is 11.8 Å². The molecule has 1 aliphatic rings. The van der Waals surface area contributed by atoms with Crippen LogP contribution in [0.25, 0.3) is 11.2 Å². The fourth-order valence-corrected chi connectivity index (χ4v) is 5.54. The molecule has 40 heavy (non-hydrogen) atoms. The van der Waals surface area contributed by atoms with Gasteiger partial charge in [0, 0.05) is 0 Å². The molecule has 1 saturated heterocycles. The minimum atomic E-state index is -4.27. The zero-order valence-corrected chi connectivity index (χ0v) is 23.2. The van der Waals surface area contributed by atoms with E-state index < -0.39 is 56.5 Å². The number of para-hydroxylation sites is 1. The fourth-order valence-electron chi connectivity index (χ4n) is 4.03. The highest BCUT2D eigenvalue weighted by Gasteiger charge is 2.56. The molecule has 3 heterocycles. The molecule has 3 aromatic rings. The number of aromatic nitrogens is 4. The minimum absolute atomic E-state index is 0.0343. The van der Waals surface area contributed by atoms with E-state index in [1.807, 2.05) is 0 Å². The summed E-state index contributed by atoms with van der Waals surface area (Å²) in [7, 11) is -4.27. The lowest BCUT2D eigenvalue weighted by Crippen LogP contribution is -2.46. The van der Waals surface area contributed by atoms with E-state index in [-0.39, 0.29) is 17.3 Å². The van der Waals surface area contributed by atoms with Crippen LogP contribution in [0.2, 0.25) is 0 Å². The van der Waals surface area contributed by atoms with Crippen LogP contribution >= 0.6 is 7.75 Å². The van der Waals surface area contributed by atoms with Gasteiger partial charge in [0.2, 0.25) is 5.95 Å². The number of anilines is 1. The van der Waals surface area contributed by atoms with Crippen LogP contribution in [0.1, 0.15) is 33.9 Å². The van der Waals surface area contributed by atoms with Crippen LogP contribution < -0.4 is 15.3 Å². The standard InChI is InChI=1S/C25H31N6O8P/c1-5-11-25(34)20(32)19(38-23(25)31-14-28-18-12-27-24(26)29-21(18)31)13-36-40(35,39-17-9-7-6-8-10-17)30-16(4)22(33)37-15(2)3/h6-10,12,14-16,19-20,23,32,34H,13H2,1-4H3,(H,30,35)(H2,26,27,29)/t16?,19-,20?,23-,25-,40?/m1/s1. The number of nitrogens with zero attached hydrogens (tertiary/aromatic N) is 4. The molecule has 0 spiro atoms. The van der Waals surface area contributed by atoms with Crippen molar-refractivity contribution in [2.75, 3.05) is 12.3 Å². The highest BCUT2D eigenvalue weighted by Crippen LogP contribution is 2.47. The average Bonchev–Trinajstić information content (AvgIpc) is 3.41. The molecule has 3 unspecified atom stereocenters. The third-order valence-corrected chi connectivity index (χ3v) is 7.47. The first-order valence-corrected chi connectivity index (χ1v) is 13.9. The van der Waals surface area contributed by atoms with Gasteiger partial charge in [0.05, 0.1) is 25.2 Å². The Hall–Kier alpha value is -3.57. The summed E-state index contributed by atoms with van der Waals surface area (Å²) in [4.78, 5) is 24.6. The monoisotopic (exact) mass is 574 g/mol. The second-order valence-electron chi connectivity index (χ2n) is 9.29. The molecule has 14 nitrogen and oxygen atoms in total. The van der Waals surface area contributed by atoms with Crippen molar-refractivity contribution in [2.45, 2.75) is 63.9 Å². The van der Waals surface area contributed by atoms with E-state index in [0.717, 1.165) is 0 Å². The number of nitrogen functional groups attached to an aromatic ring is 1. The second kappa shape index (κ2) is 11.9. The summed E-state index contributed by atoms with van der Waals surface area (Å²) in [5.74, 6) is 4.68. The number of carbonyl (C=O) groups is 1. The van der Waals surface area contributed by atoms with Gasteiger partial charge < -0.3 is 29.9 Å². The van der Waals surface area contributed by atoms with Gasteiger partial charge >= 0.3 is 13.7 Å². The number of nitrogens with two attached hydrogens (primary N) is 1. The normalized spacial score (nSPS) is 24.7. The van der Waals surface area contributed by atoms with Crippen molar-refractivity contribution in [3.63, 3.8) is 0 Å². The third-order valence-electron chi connectivity index (χ3n) is 5.83. The molecule has 4 rings (SSSR count). The van der Waals surface area contributed by atoms with E-state index in [0.29, 0.717) is 5.52 Å². The van der Waals surface area contributed by atoms with Crippen LogP contribution in [0.15, 0.2) is 42.9 Å². The van der Waals surface area contributed by atoms with Crippen molar-refractivity contribution in [3.8, 4) is 17.6 Å². The number of rotatable bonds is 10. The van der Waals surface area contributed by atoms with Crippen LogP contribution in [-0.2, 0) is 23.4 Å². The van der Waals surface area contributed by atoms with E-state index >= 15 is 0 Å². The van der Waals surface area contributed by atoms with Gasteiger partial charge in [0.15, 0.2) is 17.5 Å². The van der Waals surface area contributed by atoms with Crippen LogP contribution in [-0.4, -0.2) is 72.3 Å². The molecule has 5 N–H and O–H groups in total. The molecular formula is C25H31N6O8P. The maximum atomic E-state index is 13.8. The lowest BCUT2D eigenvalue weighted by atomic mass is 9.94. The Morgan fingerprint density at radius 1 is 1.30 bits per heavy atom. The van der Waals surface area contributed by atoms with Crippen LogP contribution in [0.3, 0.4) is 0 Å². The first kappa shape index (κ1) is 29.4. The maximum Gasteiger partial charge on any atom is 0.459 e. The van der Waals surface area contributed by atoms with Gasteiger partial charge in [-0.2, -0.15) is 10.1 Å². The number of hydrogen-bond donors (Lipinski definition) is 4. The lowest BCUT2D eigenvalue weighted by molar-refractivity contribution is -0.149. The summed E-state index contributed by atoms with van der Waals surface area (Å²) < 4.78 is 37.6. The van der Waals surface area contributed by atoms with Gasteiger partial charge in [-0.3, -0.25) is 13.9 Å². The van der Waals surface area contributed by atoms with Crippen molar-refractivity contribution >= 4 is 30.8 Å². The largest absolute Gasteiger partial charge is 0.462 e. The summed E-state index contributed by atoms with van der Waals surface area (Å²) in [6, 6.07) is 7.10. The highest BCUT2D eigenvalue weighted by atomic mass is 31.2. The van der Waals surface area contributed by atoms with E-state index in [9.17, 15) is 19.6 Å². The highest BCUT2D eigenvalue weighted by molar-refractivity contribution is 7.52. The summed E-state index contributed by atoms with van der Waals surface area (Å²) in [5.41, 5.74) is 4.19. The molecule has 0 radical (unpaired) electrons. The molecule has 0 aliphatic carbocycles. The molecule has 1 aromatic carbocycles. The zero-order chi connectivity index (χ0) is 29.1. The molecule has 15 heteroatoms. The number of esters is 1. The number of hydrogen-bond acceptors (Lipinski definition) is 12. The van der Waals surface area contributed by atoms with Gasteiger partial charge in [0.1, 0.15) is 29.5 Å². The molecule has 1 fully saturated rings. The van der Waals surface area contributed by atoms with Gasteiger partial charge in [-0.15, -0.1) is 5.92 Å². The number of aliphatic hydroxyl groups excluding tert-OH is 1. The van der Waals surface area contributed by atoms with Crippen molar-refractivity contribution in [2.24, 2.45) is 0 Å². The van der Waals surface area contributed by atoms with Gasteiger partial charge in [-0.25, -0.2) is 14.5 Å². The Labute approximate surface area is 230 Å². The minimum Gasteiger partial charge on any atom is -0.462 e. The number of fused-ring (bicyclic) bond motifs is 1. The summed E-state index contributed by atoms with van der Waals surface area (Å²) in [6.07, 6.45) is -1.84. The number of imidazole rings is 1. The molecule has 2 aromatic heterocycles. The van der Waals surface area contributed by atoms with E-state index in [1.54, 1.807) is 44.2 Å². The van der Waals surface area contributed by atoms with Gasteiger partial charge in [-0.05, 0) is 39.8 Å². The zero-order valence-electron chi connectivity index (χ0n) is 22.3. The van der Waals surface area contributed by atoms with Crippen molar-refractivity contribution in [1.82, 2.24) is 24.6 Å². The van der Waals surface area contributed by atoms with E-state index in [4.69, 9.17) is 24.3 Å². The molecule has 1 aliphatic heterocycles. The molecule has 0 bridgehead atoms.